The minimum Gasteiger partial charge on any atom is -0.466 e. The SMILES string of the molecule is COC(=O)C=C(C)C=CC1(O)C(C)=CC(=O)CC1(C)C(F)(F)F. The van der Waals surface area contributed by atoms with Crippen LogP contribution >= 0.6 is 0 Å². The summed E-state index contributed by atoms with van der Waals surface area (Å²) < 4.78 is 44.9. The fourth-order valence-electron chi connectivity index (χ4n) is 2.50. The van der Waals surface area contributed by atoms with Crippen molar-refractivity contribution in [3.8, 4) is 0 Å². The maximum Gasteiger partial charge on any atom is 0.398 e. The standard InChI is InChI=1S/C16H19F3O4/c1-10(7-13(21)23-4)5-6-15(22)11(2)8-12(20)9-14(15,3)16(17,18)19/h5-8,22H,9H2,1-4H3. The van der Waals surface area contributed by atoms with Crippen molar-refractivity contribution in [2.45, 2.75) is 39.0 Å². The van der Waals surface area contributed by atoms with Gasteiger partial charge in [0.1, 0.15) is 11.0 Å². The zero-order chi connectivity index (χ0) is 18.1. The maximum absolute atomic E-state index is 13.5. The van der Waals surface area contributed by atoms with Gasteiger partial charge in [-0.3, -0.25) is 4.79 Å². The quantitative estimate of drug-likeness (QED) is 0.490. The van der Waals surface area contributed by atoms with E-state index in [0.29, 0.717) is 5.57 Å². The van der Waals surface area contributed by atoms with Crippen molar-refractivity contribution in [2.75, 3.05) is 7.11 Å². The monoisotopic (exact) mass is 332 g/mol. The molecule has 1 N–H and O–H groups in total. The second-order valence-electron chi connectivity index (χ2n) is 5.81. The summed E-state index contributed by atoms with van der Waals surface area (Å²) >= 11 is 0. The summed E-state index contributed by atoms with van der Waals surface area (Å²) in [5.41, 5.74) is -4.84. The van der Waals surface area contributed by atoms with Crippen LogP contribution in [-0.4, -0.2) is 35.7 Å². The highest BCUT2D eigenvalue weighted by Crippen LogP contribution is 2.54. The van der Waals surface area contributed by atoms with Crippen LogP contribution in [0.1, 0.15) is 27.2 Å². The highest BCUT2D eigenvalue weighted by Gasteiger charge is 2.64. The highest BCUT2D eigenvalue weighted by atomic mass is 19.4. The van der Waals surface area contributed by atoms with Gasteiger partial charge in [0.25, 0.3) is 0 Å². The molecule has 4 nitrogen and oxygen atoms in total. The van der Waals surface area contributed by atoms with Crippen molar-refractivity contribution >= 4 is 11.8 Å². The van der Waals surface area contributed by atoms with E-state index in [4.69, 9.17) is 0 Å². The van der Waals surface area contributed by atoms with Crippen LogP contribution in [0.15, 0.2) is 35.5 Å². The van der Waals surface area contributed by atoms with Crippen molar-refractivity contribution in [3.63, 3.8) is 0 Å². The summed E-state index contributed by atoms with van der Waals surface area (Å²) in [6.07, 6.45) is -1.39. The Morgan fingerprint density at radius 1 is 1.43 bits per heavy atom. The zero-order valence-electron chi connectivity index (χ0n) is 13.3. The van der Waals surface area contributed by atoms with Crippen LogP contribution in [0, 0.1) is 5.41 Å². The molecule has 0 bridgehead atoms. The Labute approximate surface area is 132 Å². The van der Waals surface area contributed by atoms with Crippen molar-refractivity contribution in [3.05, 3.63) is 35.5 Å². The molecule has 0 fully saturated rings. The molecule has 1 aliphatic rings. The third-order valence-electron chi connectivity index (χ3n) is 4.11. The number of rotatable bonds is 3. The van der Waals surface area contributed by atoms with Crippen LogP contribution < -0.4 is 0 Å². The number of hydrogen-bond donors (Lipinski definition) is 1. The van der Waals surface area contributed by atoms with E-state index in [-0.39, 0.29) is 5.57 Å². The van der Waals surface area contributed by atoms with Gasteiger partial charge in [0.05, 0.1) is 7.11 Å². The van der Waals surface area contributed by atoms with Crippen molar-refractivity contribution in [2.24, 2.45) is 5.41 Å². The van der Waals surface area contributed by atoms with E-state index in [1.165, 1.54) is 27.0 Å². The molecule has 0 spiro atoms. The number of ketones is 1. The number of methoxy groups -OCH3 is 1. The van der Waals surface area contributed by atoms with Crippen LogP contribution in [-0.2, 0) is 14.3 Å². The Balaban J connectivity index is 3.36. The molecule has 0 aromatic heterocycles. The second kappa shape index (κ2) is 6.31. The molecule has 2 unspecified atom stereocenters. The number of carbonyl (C=O) groups is 2. The first kappa shape index (κ1) is 19.2. The van der Waals surface area contributed by atoms with Gasteiger partial charge < -0.3 is 9.84 Å². The fraction of sp³-hybridized carbons (Fsp3) is 0.500. The molecule has 2 atom stereocenters. The summed E-state index contributed by atoms with van der Waals surface area (Å²) in [6.45, 7) is 3.56. The summed E-state index contributed by atoms with van der Waals surface area (Å²) in [6, 6.07) is 0. The molecule has 7 heteroatoms. The Morgan fingerprint density at radius 3 is 2.48 bits per heavy atom. The van der Waals surface area contributed by atoms with Gasteiger partial charge >= 0.3 is 12.1 Å². The molecule has 0 aromatic rings. The predicted octanol–water partition coefficient (Wildman–Crippen LogP) is 2.88. The average Bonchev–Trinajstić information content (AvgIpc) is 2.41. The van der Waals surface area contributed by atoms with Gasteiger partial charge in [0.15, 0.2) is 5.78 Å². The van der Waals surface area contributed by atoms with Gasteiger partial charge in [-0.2, -0.15) is 13.2 Å². The van der Waals surface area contributed by atoms with Gasteiger partial charge in [-0.1, -0.05) is 6.08 Å². The van der Waals surface area contributed by atoms with Crippen LogP contribution in [0.3, 0.4) is 0 Å². The summed E-state index contributed by atoms with van der Waals surface area (Å²) in [5.74, 6) is -1.36. The highest BCUT2D eigenvalue weighted by molar-refractivity contribution is 5.93. The lowest BCUT2D eigenvalue weighted by atomic mass is 9.62. The maximum atomic E-state index is 13.5. The van der Waals surface area contributed by atoms with Crippen LogP contribution in [0.25, 0.3) is 0 Å². The number of aliphatic hydroxyl groups is 1. The molecule has 0 saturated heterocycles. The third-order valence-corrected chi connectivity index (χ3v) is 4.11. The first-order valence-corrected chi connectivity index (χ1v) is 6.83. The number of halogens is 3. The molecular weight excluding hydrogens is 313 g/mol. The fourth-order valence-corrected chi connectivity index (χ4v) is 2.50. The van der Waals surface area contributed by atoms with Crippen molar-refractivity contribution in [1.29, 1.82) is 0 Å². The van der Waals surface area contributed by atoms with Crippen molar-refractivity contribution in [1.82, 2.24) is 0 Å². The number of allylic oxidation sites excluding steroid dienone is 3. The van der Waals surface area contributed by atoms with E-state index in [1.807, 2.05) is 0 Å². The molecule has 0 saturated carbocycles. The molecule has 0 heterocycles. The summed E-state index contributed by atoms with van der Waals surface area (Å²) in [5, 5.41) is 10.7. The van der Waals surface area contributed by atoms with Gasteiger partial charge in [-0.05, 0) is 44.1 Å². The first-order valence-electron chi connectivity index (χ1n) is 6.83. The van der Waals surface area contributed by atoms with Gasteiger partial charge in [-0.25, -0.2) is 4.79 Å². The Kier molecular flexibility index (Phi) is 5.26. The second-order valence-corrected chi connectivity index (χ2v) is 5.81. The lowest BCUT2D eigenvalue weighted by Gasteiger charge is -2.46. The van der Waals surface area contributed by atoms with E-state index in [2.05, 4.69) is 4.74 Å². The molecule has 0 aliphatic heterocycles. The predicted molar refractivity (Wildman–Crippen MR) is 77.4 cm³/mol. The first-order chi connectivity index (χ1) is 10.4. The number of esters is 1. The Bertz CT molecular complexity index is 601. The number of carbonyl (C=O) groups excluding carboxylic acids is 2. The zero-order valence-corrected chi connectivity index (χ0v) is 13.3. The molecule has 0 radical (unpaired) electrons. The van der Waals surface area contributed by atoms with Crippen LogP contribution in [0.2, 0.25) is 0 Å². The molecule has 1 rings (SSSR count). The largest absolute Gasteiger partial charge is 0.466 e. The van der Waals surface area contributed by atoms with E-state index in [9.17, 15) is 27.9 Å². The molecule has 128 valence electrons. The lowest BCUT2D eigenvalue weighted by molar-refractivity contribution is -0.261. The smallest absolute Gasteiger partial charge is 0.398 e. The number of ether oxygens (including phenoxy) is 1. The topological polar surface area (TPSA) is 63.6 Å². The molecule has 1 aliphatic carbocycles. The lowest BCUT2D eigenvalue weighted by Crippen LogP contribution is -2.57. The van der Waals surface area contributed by atoms with Crippen LogP contribution in [0.5, 0.6) is 0 Å². The third kappa shape index (κ3) is 3.55. The normalized spacial score (nSPS) is 29.7. The van der Waals surface area contributed by atoms with E-state index < -0.39 is 35.4 Å². The minimum absolute atomic E-state index is 0.101. The van der Waals surface area contributed by atoms with Gasteiger partial charge in [0.2, 0.25) is 0 Å². The van der Waals surface area contributed by atoms with Gasteiger partial charge in [-0.15, -0.1) is 0 Å². The molecule has 0 aromatic carbocycles. The molecule has 23 heavy (non-hydrogen) atoms. The molecular formula is C16H19F3O4. The van der Waals surface area contributed by atoms with Gasteiger partial charge in [0, 0.05) is 12.5 Å². The Morgan fingerprint density at radius 2 is 2.00 bits per heavy atom. The molecule has 0 amide bonds. The van der Waals surface area contributed by atoms with Crippen molar-refractivity contribution < 1.29 is 32.6 Å². The van der Waals surface area contributed by atoms with Crippen LogP contribution in [0.4, 0.5) is 13.2 Å². The van der Waals surface area contributed by atoms with E-state index in [0.717, 1.165) is 25.2 Å². The number of alkyl halides is 3. The minimum atomic E-state index is -4.79. The number of hydrogen-bond acceptors (Lipinski definition) is 4. The Hall–Kier alpha value is -1.89. The van der Waals surface area contributed by atoms with E-state index >= 15 is 0 Å². The summed E-state index contributed by atoms with van der Waals surface area (Å²) in [7, 11) is 1.17. The van der Waals surface area contributed by atoms with E-state index in [1.54, 1.807) is 0 Å². The summed E-state index contributed by atoms with van der Waals surface area (Å²) in [4.78, 5) is 22.7. The average molecular weight is 332 g/mol.